The first kappa shape index (κ1) is 15.7. The maximum atomic E-state index is 12.0. The molecule has 0 aliphatic rings. The number of rotatable bonds is 5. The molecule has 0 bridgehead atoms. The Labute approximate surface area is 137 Å². The van der Waals surface area contributed by atoms with E-state index in [2.05, 4.69) is 25.8 Å². The van der Waals surface area contributed by atoms with Crippen molar-refractivity contribution in [2.24, 2.45) is 0 Å². The standard InChI is InChI=1S/C16H17N5O3/c1-9(2)19-13(22)8-18-15(23)16-20-14(21-24-16)11-4-3-5-12-10(11)6-7-17-12/h3-7,9,17H,8H2,1-2H3,(H,18,23)(H,19,22). The van der Waals surface area contributed by atoms with E-state index in [1.807, 2.05) is 44.3 Å². The van der Waals surface area contributed by atoms with Crippen molar-refractivity contribution in [3.63, 3.8) is 0 Å². The SMILES string of the molecule is CC(C)NC(=O)CNC(=O)c1nc(-c2cccc3[nH]ccc23)no1. The zero-order chi connectivity index (χ0) is 17.1. The number of nitrogens with zero attached hydrogens (tertiary/aromatic N) is 2. The highest BCUT2D eigenvalue weighted by atomic mass is 16.5. The van der Waals surface area contributed by atoms with Crippen molar-refractivity contribution in [1.29, 1.82) is 0 Å². The third kappa shape index (κ3) is 3.27. The van der Waals surface area contributed by atoms with Crippen LogP contribution in [0.3, 0.4) is 0 Å². The smallest absolute Gasteiger partial charge is 0.316 e. The van der Waals surface area contributed by atoms with Gasteiger partial charge < -0.3 is 20.1 Å². The maximum Gasteiger partial charge on any atom is 0.316 e. The summed E-state index contributed by atoms with van der Waals surface area (Å²) in [7, 11) is 0. The number of benzene rings is 1. The number of aromatic nitrogens is 3. The lowest BCUT2D eigenvalue weighted by molar-refractivity contribution is -0.120. The minimum Gasteiger partial charge on any atom is -0.361 e. The average Bonchev–Trinajstić information content (AvgIpc) is 3.20. The van der Waals surface area contributed by atoms with Crippen molar-refractivity contribution in [1.82, 2.24) is 25.8 Å². The second-order valence-corrected chi connectivity index (χ2v) is 5.57. The third-order valence-electron chi connectivity index (χ3n) is 3.32. The largest absolute Gasteiger partial charge is 0.361 e. The molecule has 3 N–H and O–H groups in total. The molecule has 3 aromatic rings. The molecular formula is C16H17N5O3. The first-order valence-corrected chi connectivity index (χ1v) is 7.52. The summed E-state index contributed by atoms with van der Waals surface area (Å²) in [5.41, 5.74) is 1.70. The van der Waals surface area contributed by atoms with Gasteiger partial charge in [0, 0.05) is 28.7 Å². The Bertz CT molecular complexity index is 881. The molecule has 8 heteroatoms. The average molecular weight is 327 g/mol. The molecular weight excluding hydrogens is 310 g/mol. The van der Waals surface area contributed by atoms with Crippen LogP contribution in [-0.2, 0) is 4.79 Å². The second kappa shape index (κ2) is 6.53. The molecule has 2 heterocycles. The summed E-state index contributed by atoms with van der Waals surface area (Å²) in [6.45, 7) is 3.53. The van der Waals surface area contributed by atoms with Gasteiger partial charge in [0.1, 0.15) is 0 Å². The fourth-order valence-electron chi connectivity index (χ4n) is 2.31. The van der Waals surface area contributed by atoms with E-state index in [-0.39, 0.29) is 24.4 Å². The lowest BCUT2D eigenvalue weighted by atomic mass is 10.1. The fourth-order valence-corrected chi connectivity index (χ4v) is 2.31. The molecule has 2 amide bonds. The van der Waals surface area contributed by atoms with Gasteiger partial charge in [-0.25, -0.2) is 0 Å². The summed E-state index contributed by atoms with van der Waals surface area (Å²) < 4.78 is 5.00. The Morgan fingerprint density at radius 1 is 1.29 bits per heavy atom. The Kier molecular flexibility index (Phi) is 4.28. The number of fused-ring (bicyclic) bond motifs is 1. The molecule has 0 unspecified atom stereocenters. The van der Waals surface area contributed by atoms with Gasteiger partial charge in [-0.15, -0.1) is 0 Å². The van der Waals surface area contributed by atoms with Gasteiger partial charge in [-0.05, 0) is 26.0 Å². The van der Waals surface area contributed by atoms with E-state index in [0.29, 0.717) is 5.82 Å². The molecule has 0 saturated carbocycles. The minimum absolute atomic E-state index is 0.00579. The number of hydrogen-bond acceptors (Lipinski definition) is 5. The van der Waals surface area contributed by atoms with Crippen LogP contribution in [0.4, 0.5) is 0 Å². The first-order chi connectivity index (χ1) is 11.5. The molecule has 8 nitrogen and oxygen atoms in total. The molecule has 24 heavy (non-hydrogen) atoms. The van der Waals surface area contributed by atoms with E-state index < -0.39 is 5.91 Å². The lowest BCUT2D eigenvalue weighted by Crippen LogP contribution is -2.39. The van der Waals surface area contributed by atoms with Crippen LogP contribution >= 0.6 is 0 Å². The van der Waals surface area contributed by atoms with Crippen LogP contribution in [-0.4, -0.2) is 39.5 Å². The maximum absolute atomic E-state index is 12.0. The monoisotopic (exact) mass is 327 g/mol. The summed E-state index contributed by atoms with van der Waals surface area (Å²) in [4.78, 5) is 30.7. The Morgan fingerprint density at radius 2 is 2.12 bits per heavy atom. The molecule has 0 spiro atoms. The summed E-state index contributed by atoms with van der Waals surface area (Å²) >= 11 is 0. The van der Waals surface area contributed by atoms with Crippen LogP contribution < -0.4 is 10.6 Å². The lowest BCUT2D eigenvalue weighted by Gasteiger charge is -2.07. The quantitative estimate of drug-likeness (QED) is 0.657. The predicted molar refractivity (Wildman–Crippen MR) is 87.2 cm³/mol. The van der Waals surface area contributed by atoms with Crippen molar-refractivity contribution in [3.8, 4) is 11.4 Å². The van der Waals surface area contributed by atoms with Crippen LogP contribution in [0.25, 0.3) is 22.3 Å². The first-order valence-electron chi connectivity index (χ1n) is 7.52. The van der Waals surface area contributed by atoms with Gasteiger partial charge in [0.2, 0.25) is 11.7 Å². The zero-order valence-electron chi connectivity index (χ0n) is 13.3. The molecule has 0 radical (unpaired) electrons. The van der Waals surface area contributed by atoms with E-state index in [1.54, 1.807) is 0 Å². The zero-order valence-corrected chi connectivity index (χ0v) is 13.3. The molecule has 0 aliphatic carbocycles. The van der Waals surface area contributed by atoms with E-state index in [0.717, 1.165) is 16.5 Å². The topological polar surface area (TPSA) is 113 Å². The number of nitrogens with one attached hydrogen (secondary N) is 3. The molecule has 0 fully saturated rings. The number of hydrogen-bond donors (Lipinski definition) is 3. The van der Waals surface area contributed by atoms with Crippen molar-refractivity contribution >= 4 is 22.7 Å². The second-order valence-electron chi connectivity index (χ2n) is 5.57. The summed E-state index contributed by atoms with van der Waals surface area (Å²) in [6.07, 6.45) is 1.81. The molecule has 124 valence electrons. The van der Waals surface area contributed by atoms with Gasteiger partial charge in [0.05, 0.1) is 6.54 Å². The molecule has 1 aromatic carbocycles. The van der Waals surface area contributed by atoms with E-state index in [9.17, 15) is 9.59 Å². The Hall–Kier alpha value is -3.16. The van der Waals surface area contributed by atoms with Crippen LogP contribution in [0.15, 0.2) is 35.0 Å². The van der Waals surface area contributed by atoms with Crippen molar-refractivity contribution < 1.29 is 14.1 Å². The van der Waals surface area contributed by atoms with Crippen molar-refractivity contribution in [3.05, 3.63) is 36.4 Å². The van der Waals surface area contributed by atoms with E-state index >= 15 is 0 Å². The Morgan fingerprint density at radius 3 is 2.92 bits per heavy atom. The summed E-state index contributed by atoms with van der Waals surface area (Å²) in [5.74, 6) is -0.740. The van der Waals surface area contributed by atoms with Crippen LogP contribution in [0.5, 0.6) is 0 Å². The minimum atomic E-state index is -0.589. The van der Waals surface area contributed by atoms with E-state index in [4.69, 9.17) is 4.52 Å². The molecule has 3 rings (SSSR count). The number of carbonyl (C=O) groups is 2. The van der Waals surface area contributed by atoms with Crippen molar-refractivity contribution in [2.45, 2.75) is 19.9 Å². The van der Waals surface area contributed by atoms with Crippen LogP contribution in [0.1, 0.15) is 24.5 Å². The van der Waals surface area contributed by atoms with Gasteiger partial charge in [0.15, 0.2) is 0 Å². The van der Waals surface area contributed by atoms with Crippen LogP contribution in [0.2, 0.25) is 0 Å². The van der Waals surface area contributed by atoms with Gasteiger partial charge in [-0.3, -0.25) is 9.59 Å². The number of carbonyl (C=O) groups excluding carboxylic acids is 2. The van der Waals surface area contributed by atoms with Gasteiger partial charge in [-0.2, -0.15) is 4.98 Å². The van der Waals surface area contributed by atoms with Gasteiger partial charge in [0.25, 0.3) is 0 Å². The Balaban J connectivity index is 1.72. The van der Waals surface area contributed by atoms with Gasteiger partial charge >= 0.3 is 11.8 Å². The third-order valence-corrected chi connectivity index (χ3v) is 3.32. The molecule has 0 atom stereocenters. The molecule has 2 aromatic heterocycles. The van der Waals surface area contributed by atoms with E-state index in [1.165, 1.54) is 0 Å². The highest BCUT2D eigenvalue weighted by Crippen LogP contribution is 2.25. The summed E-state index contributed by atoms with van der Waals surface area (Å²) in [6, 6.07) is 7.54. The molecule has 0 saturated heterocycles. The summed E-state index contributed by atoms with van der Waals surface area (Å²) in [5, 5.41) is 9.91. The highest BCUT2D eigenvalue weighted by molar-refractivity contribution is 5.95. The molecule has 0 aliphatic heterocycles. The van der Waals surface area contributed by atoms with Crippen LogP contribution in [0, 0.1) is 0 Å². The number of aromatic amines is 1. The normalized spacial score (nSPS) is 11.0. The van der Waals surface area contributed by atoms with Gasteiger partial charge in [-0.1, -0.05) is 17.3 Å². The highest BCUT2D eigenvalue weighted by Gasteiger charge is 2.18. The fraction of sp³-hybridized carbons (Fsp3) is 0.250. The predicted octanol–water partition coefficient (Wildman–Crippen LogP) is 1.47. The number of H-pyrrole nitrogens is 1. The van der Waals surface area contributed by atoms with Crippen molar-refractivity contribution in [2.75, 3.05) is 6.54 Å². The number of amides is 2.